The molecule has 1 aliphatic rings. The van der Waals surface area contributed by atoms with Gasteiger partial charge in [-0.25, -0.2) is 8.42 Å². The second kappa shape index (κ2) is 8.60. The third-order valence-corrected chi connectivity index (χ3v) is 8.00. The molecule has 0 bridgehead atoms. The number of carbonyl (C=O) groups excluding carboxylic acids is 1. The highest BCUT2D eigenvalue weighted by atomic mass is 35.5. The Balaban J connectivity index is 1.65. The number of methoxy groups -OCH3 is 1. The van der Waals surface area contributed by atoms with Gasteiger partial charge in [0.2, 0.25) is 5.91 Å². The first kappa shape index (κ1) is 22.4. The molecule has 166 valence electrons. The summed E-state index contributed by atoms with van der Waals surface area (Å²) < 4.78 is 31.0. The number of hydrogen-bond acceptors (Lipinski definition) is 4. The van der Waals surface area contributed by atoms with Gasteiger partial charge in [-0.1, -0.05) is 41.9 Å². The topological polar surface area (TPSA) is 63.7 Å². The van der Waals surface area contributed by atoms with Gasteiger partial charge in [-0.05, 0) is 66.9 Å². The minimum atomic E-state index is -3.52. The van der Waals surface area contributed by atoms with Crippen molar-refractivity contribution in [1.82, 2.24) is 0 Å². The Bertz CT molecular complexity index is 1240. The third-order valence-electron chi connectivity index (χ3n) is 6.03. The fourth-order valence-corrected chi connectivity index (χ4v) is 5.76. The van der Waals surface area contributed by atoms with Crippen LogP contribution in [0.3, 0.4) is 0 Å². The molecule has 0 spiro atoms. The van der Waals surface area contributed by atoms with Gasteiger partial charge in [0, 0.05) is 10.7 Å². The van der Waals surface area contributed by atoms with Crippen molar-refractivity contribution in [3.8, 4) is 5.75 Å². The van der Waals surface area contributed by atoms with Gasteiger partial charge in [0.15, 0.2) is 9.84 Å². The number of rotatable bonds is 7. The molecule has 3 aromatic carbocycles. The number of nitrogens with zero attached hydrogens (tertiary/aromatic N) is 1. The summed E-state index contributed by atoms with van der Waals surface area (Å²) in [5.74, 6) is 0.472. The minimum Gasteiger partial charge on any atom is -0.497 e. The molecule has 0 saturated heterocycles. The standard InChI is InChI=1S/C25H24ClNO4S/c1-25(14-15-32(29,30)21-6-4-3-5-7-21)22-16-19(26)10-13-23(22)27(24(25)28)17-18-8-11-20(31-2)12-9-18/h3-13,16H,14-15,17H2,1-2H3/t25-/m0/s1. The Hall–Kier alpha value is -2.83. The van der Waals surface area contributed by atoms with Crippen LogP contribution in [0.2, 0.25) is 5.02 Å². The van der Waals surface area contributed by atoms with Crippen LogP contribution >= 0.6 is 11.6 Å². The molecule has 1 atom stereocenters. The fourth-order valence-electron chi connectivity index (χ4n) is 4.10. The van der Waals surface area contributed by atoms with E-state index in [0.29, 0.717) is 11.6 Å². The van der Waals surface area contributed by atoms with E-state index < -0.39 is 15.3 Å². The van der Waals surface area contributed by atoms with Crippen molar-refractivity contribution in [1.29, 1.82) is 0 Å². The summed E-state index contributed by atoms with van der Waals surface area (Å²) in [6.45, 7) is 2.18. The van der Waals surface area contributed by atoms with E-state index in [1.165, 1.54) is 0 Å². The molecule has 1 aliphatic heterocycles. The monoisotopic (exact) mass is 469 g/mol. The zero-order valence-corrected chi connectivity index (χ0v) is 19.5. The molecule has 5 nitrogen and oxygen atoms in total. The van der Waals surface area contributed by atoms with Crippen LogP contribution in [0.15, 0.2) is 77.7 Å². The molecule has 0 aliphatic carbocycles. The Morgan fingerprint density at radius 3 is 2.34 bits per heavy atom. The van der Waals surface area contributed by atoms with Gasteiger partial charge in [0.05, 0.1) is 29.7 Å². The lowest BCUT2D eigenvalue weighted by Crippen LogP contribution is -2.39. The highest BCUT2D eigenvalue weighted by molar-refractivity contribution is 7.91. The van der Waals surface area contributed by atoms with E-state index in [2.05, 4.69) is 0 Å². The number of benzene rings is 3. The summed E-state index contributed by atoms with van der Waals surface area (Å²) in [7, 11) is -1.92. The molecule has 0 saturated carbocycles. The van der Waals surface area contributed by atoms with Crippen LogP contribution in [0.4, 0.5) is 5.69 Å². The molecule has 3 aromatic rings. The Morgan fingerprint density at radius 1 is 1.00 bits per heavy atom. The molecule has 0 N–H and O–H groups in total. The lowest BCUT2D eigenvalue weighted by atomic mass is 9.81. The lowest BCUT2D eigenvalue weighted by molar-refractivity contribution is -0.122. The summed E-state index contributed by atoms with van der Waals surface area (Å²) >= 11 is 6.26. The van der Waals surface area contributed by atoms with Crippen molar-refractivity contribution in [3.05, 3.63) is 88.9 Å². The van der Waals surface area contributed by atoms with Crippen molar-refractivity contribution >= 4 is 33.0 Å². The lowest BCUT2D eigenvalue weighted by Gasteiger charge is -2.24. The highest BCUT2D eigenvalue weighted by Gasteiger charge is 2.47. The number of fused-ring (bicyclic) bond motifs is 1. The Kier molecular flexibility index (Phi) is 6.01. The van der Waals surface area contributed by atoms with Crippen LogP contribution in [0.25, 0.3) is 0 Å². The zero-order chi connectivity index (χ0) is 22.9. The second-order valence-electron chi connectivity index (χ2n) is 8.11. The van der Waals surface area contributed by atoms with Gasteiger partial charge in [-0.15, -0.1) is 0 Å². The van der Waals surface area contributed by atoms with Crippen LogP contribution in [-0.2, 0) is 26.6 Å². The Morgan fingerprint density at radius 2 is 1.69 bits per heavy atom. The van der Waals surface area contributed by atoms with Crippen molar-refractivity contribution in [2.24, 2.45) is 0 Å². The maximum absolute atomic E-state index is 13.6. The van der Waals surface area contributed by atoms with Gasteiger partial charge < -0.3 is 9.64 Å². The number of carbonyl (C=O) groups is 1. The first-order chi connectivity index (χ1) is 15.2. The number of halogens is 1. The molecule has 1 amide bonds. The van der Waals surface area contributed by atoms with Crippen LogP contribution in [0.1, 0.15) is 24.5 Å². The average molecular weight is 470 g/mol. The largest absolute Gasteiger partial charge is 0.497 e. The minimum absolute atomic E-state index is 0.131. The maximum atomic E-state index is 13.6. The summed E-state index contributed by atoms with van der Waals surface area (Å²) in [4.78, 5) is 15.6. The molecule has 0 unspecified atom stereocenters. The van der Waals surface area contributed by atoms with E-state index >= 15 is 0 Å². The number of hydrogen-bond donors (Lipinski definition) is 0. The van der Waals surface area contributed by atoms with Crippen molar-refractivity contribution < 1.29 is 17.9 Å². The predicted molar refractivity (Wildman–Crippen MR) is 126 cm³/mol. The predicted octanol–water partition coefficient (Wildman–Crippen LogP) is 5.02. The smallest absolute Gasteiger partial charge is 0.237 e. The van der Waals surface area contributed by atoms with E-state index in [1.807, 2.05) is 30.3 Å². The van der Waals surface area contributed by atoms with Gasteiger partial charge in [-0.2, -0.15) is 0 Å². The maximum Gasteiger partial charge on any atom is 0.237 e. The molecular formula is C25H24ClNO4S. The van der Waals surface area contributed by atoms with Crippen molar-refractivity contribution in [2.45, 2.75) is 30.2 Å². The summed E-state index contributed by atoms with van der Waals surface area (Å²) in [5, 5.41) is 0.514. The van der Waals surface area contributed by atoms with E-state index in [9.17, 15) is 13.2 Å². The van der Waals surface area contributed by atoms with E-state index in [1.54, 1.807) is 61.4 Å². The molecule has 0 radical (unpaired) electrons. The van der Waals surface area contributed by atoms with Crippen LogP contribution in [0, 0.1) is 0 Å². The zero-order valence-electron chi connectivity index (χ0n) is 17.9. The second-order valence-corrected chi connectivity index (χ2v) is 10.7. The first-order valence-electron chi connectivity index (χ1n) is 10.3. The fraction of sp³-hybridized carbons (Fsp3) is 0.240. The third kappa shape index (κ3) is 4.12. The highest BCUT2D eigenvalue weighted by Crippen LogP contribution is 2.46. The molecule has 4 rings (SSSR count). The first-order valence-corrected chi connectivity index (χ1v) is 12.3. The summed E-state index contributed by atoms with van der Waals surface area (Å²) in [6, 6.07) is 21.2. The Labute approximate surface area is 193 Å². The normalized spacial score (nSPS) is 18.0. The number of ether oxygens (including phenoxy) is 1. The van der Waals surface area contributed by atoms with Crippen molar-refractivity contribution in [2.75, 3.05) is 17.8 Å². The van der Waals surface area contributed by atoms with E-state index in [-0.39, 0.29) is 23.0 Å². The molecule has 7 heteroatoms. The van der Waals surface area contributed by atoms with Gasteiger partial charge in [0.1, 0.15) is 5.75 Å². The summed E-state index contributed by atoms with van der Waals surface area (Å²) in [6.07, 6.45) is 0.162. The molecular weight excluding hydrogens is 446 g/mol. The quantitative estimate of drug-likeness (QED) is 0.487. The number of sulfone groups is 1. The number of anilines is 1. The van der Waals surface area contributed by atoms with Crippen LogP contribution in [-0.4, -0.2) is 27.2 Å². The average Bonchev–Trinajstić information content (AvgIpc) is 3.00. The van der Waals surface area contributed by atoms with Gasteiger partial charge >= 0.3 is 0 Å². The SMILES string of the molecule is COc1ccc(CN2C(=O)[C@@](C)(CCS(=O)(=O)c3ccccc3)c3cc(Cl)ccc32)cc1. The molecule has 0 aromatic heterocycles. The van der Waals surface area contributed by atoms with Gasteiger partial charge in [0.25, 0.3) is 0 Å². The van der Waals surface area contributed by atoms with Crippen LogP contribution < -0.4 is 9.64 Å². The molecule has 1 heterocycles. The molecule has 32 heavy (non-hydrogen) atoms. The van der Waals surface area contributed by atoms with Gasteiger partial charge in [-0.3, -0.25) is 4.79 Å². The molecule has 0 fully saturated rings. The summed E-state index contributed by atoms with van der Waals surface area (Å²) in [5.41, 5.74) is 1.47. The van der Waals surface area contributed by atoms with Crippen LogP contribution in [0.5, 0.6) is 5.75 Å². The van der Waals surface area contributed by atoms with E-state index in [0.717, 1.165) is 22.6 Å². The number of amides is 1. The van der Waals surface area contributed by atoms with E-state index in [4.69, 9.17) is 16.3 Å². The van der Waals surface area contributed by atoms with Crippen molar-refractivity contribution in [3.63, 3.8) is 0 Å².